The van der Waals surface area contributed by atoms with E-state index in [1.54, 1.807) is 66.7 Å². The second kappa shape index (κ2) is 15.2. The molecule has 4 aromatic carbocycles. The molecule has 0 bridgehead atoms. The molecule has 0 fully saturated rings. The van der Waals surface area contributed by atoms with Crippen molar-refractivity contribution in [3.63, 3.8) is 0 Å². The molecule has 46 heavy (non-hydrogen) atoms. The molecule has 0 aliphatic rings. The van der Waals surface area contributed by atoms with Crippen LogP contribution in [0.2, 0.25) is 0 Å². The summed E-state index contributed by atoms with van der Waals surface area (Å²) in [6.45, 7) is 1.95. The summed E-state index contributed by atoms with van der Waals surface area (Å²) in [5, 5.41) is 8.75. The molecule has 1 heterocycles. The van der Waals surface area contributed by atoms with Crippen molar-refractivity contribution in [3.05, 3.63) is 114 Å². The van der Waals surface area contributed by atoms with E-state index in [0.29, 0.717) is 39.9 Å². The number of rotatable bonds is 12. The Morgan fingerprint density at radius 1 is 0.870 bits per heavy atom. The van der Waals surface area contributed by atoms with Crippen LogP contribution in [0.5, 0.6) is 11.5 Å². The van der Waals surface area contributed by atoms with Gasteiger partial charge in [-0.05, 0) is 72.7 Å². The molecule has 9 nitrogen and oxygen atoms in total. The number of carbonyl (C=O) groups excluding carboxylic acids is 3. The number of aromatic nitrogens is 1. The van der Waals surface area contributed by atoms with Crippen molar-refractivity contribution in [2.24, 2.45) is 0 Å². The average molecular weight is 653 g/mol. The van der Waals surface area contributed by atoms with Crippen LogP contribution in [0.3, 0.4) is 0 Å². The molecule has 0 aliphatic heterocycles. The number of nitrogens with zero attached hydrogens (tertiary/aromatic N) is 1. The standard InChI is InChI=1S/C35H32N4O5S2/c1-4-30(34(42)39-35-38-26-15-8-9-16-31(26)46-35)45-25-14-10-13-24(21-25)36-33(41)27(37-32(40)23-11-6-5-7-12-23)19-22-17-18-28(43-2)29(20-22)44-3/h5-21,30H,4H2,1-3H3,(H,36,41)(H,37,40)(H,38,39,42)/b27-19+. The summed E-state index contributed by atoms with van der Waals surface area (Å²) in [4.78, 5) is 45.1. The van der Waals surface area contributed by atoms with Gasteiger partial charge in [0.25, 0.3) is 11.8 Å². The Balaban J connectivity index is 1.33. The van der Waals surface area contributed by atoms with Crippen molar-refractivity contribution in [3.8, 4) is 11.5 Å². The molecule has 0 aliphatic carbocycles. The maximum atomic E-state index is 13.6. The van der Waals surface area contributed by atoms with Crippen LogP contribution < -0.4 is 25.4 Å². The lowest BCUT2D eigenvalue weighted by Crippen LogP contribution is -2.30. The molecule has 234 valence electrons. The number of nitrogens with one attached hydrogen (secondary N) is 3. The summed E-state index contributed by atoms with van der Waals surface area (Å²) in [6, 6.07) is 28.8. The van der Waals surface area contributed by atoms with Crippen LogP contribution in [0.4, 0.5) is 10.8 Å². The van der Waals surface area contributed by atoms with Crippen LogP contribution in [0.25, 0.3) is 16.3 Å². The van der Waals surface area contributed by atoms with Crippen molar-refractivity contribution in [1.82, 2.24) is 10.3 Å². The van der Waals surface area contributed by atoms with Crippen molar-refractivity contribution in [1.29, 1.82) is 0 Å². The van der Waals surface area contributed by atoms with E-state index in [-0.39, 0.29) is 16.9 Å². The van der Waals surface area contributed by atoms with Gasteiger partial charge in [-0.1, -0.05) is 60.7 Å². The molecule has 1 atom stereocenters. The summed E-state index contributed by atoms with van der Waals surface area (Å²) >= 11 is 2.82. The number of para-hydroxylation sites is 1. The van der Waals surface area contributed by atoms with Gasteiger partial charge in [0, 0.05) is 16.1 Å². The van der Waals surface area contributed by atoms with E-state index >= 15 is 0 Å². The topological polar surface area (TPSA) is 119 Å². The lowest BCUT2D eigenvalue weighted by Gasteiger charge is -2.15. The molecule has 3 amide bonds. The Morgan fingerprint density at radius 3 is 2.37 bits per heavy atom. The summed E-state index contributed by atoms with van der Waals surface area (Å²) < 4.78 is 11.7. The van der Waals surface area contributed by atoms with Gasteiger partial charge < -0.3 is 25.4 Å². The number of carbonyl (C=O) groups is 3. The lowest BCUT2D eigenvalue weighted by molar-refractivity contribution is -0.116. The van der Waals surface area contributed by atoms with E-state index in [1.165, 1.54) is 37.3 Å². The smallest absolute Gasteiger partial charge is 0.272 e. The van der Waals surface area contributed by atoms with Crippen molar-refractivity contribution >= 4 is 67.9 Å². The van der Waals surface area contributed by atoms with Gasteiger partial charge in [-0.3, -0.25) is 14.4 Å². The van der Waals surface area contributed by atoms with Gasteiger partial charge in [0.2, 0.25) is 5.91 Å². The highest BCUT2D eigenvalue weighted by atomic mass is 32.2. The number of ether oxygens (including phenoxy) is 2. The summed E-state index contributed by atoms with van der Waals surface area (Å²) in [5.41, 5.74) is 2.39. The first-order valence-corrected chi connectivity index (χ1v) is 16.1. The second-order valence-corrected chi connectivity index (χ2v) is 12.3. The lowest BCUT2D eigenvalue weighted by atomic mass is 10.1. The van der Waals surface area contributed by atoms with Gasteiger partial charge in [-0.25, -0.2) is 4.98 Å². The number of anilines is 2. The summed E-state index contributed by atoms with van der Waals surface area (Å²) in [7, 11) is 3.06. The molecule has 1 unspecified atom stereocenters. The number of amides is 3. The number of hydrogen-bond donors (Lipinski definition) is 3. The molecule has 0 saturated heterocycles. The third-order valence-electron chi connectivity index (χ3n) is 6.80. The van der Waals surface area contributed by atoms with Crippen molar-refractivity contribution in [2.45, 2.75) is 23.5 Å². The predicted molar refractivity (Wildman–Crippen MR) is 185 cm³/mol. The number of fused-ring (bicyclic) bond motifs is 1. The number of thiazole rings is 1. The van der Waals surface area contributed by atoms with Crippen LogP contribution in [0, 0.1) is 0 Å². The zero-order chi connectivity index (χ0) is 32.5. The Labute approximate surface area is 275 Å². The molecule has 0 radical (unpaired) electrons. The van der Waals surface area contributed by atoms with E-state index in [9.17, 15) is 14.4 Å². The minimum atomic E-state index is -0.526. The number of benzene rings is 4. The van der Waals surface area contributed by atoms with E-state index in [2.05, 4.69) is 20.9 Å². The average Bonchev–Trinajstić information content (AvgIpc) is 3.49. The third-order valence-corrected chi connectivity index (χ3v) is 9.11. The Bertz CT molecular complexity index is 1860. The summed E-state index contributed by atoms with van der Waals surface area (Å²) in [5.74, 6) is -0.0940. The normalized spacial score (nSPS) is 11.8. The van der Waals surface area contributed by atoms with Gasteiger partial charge in [0.1, 0.15) is 5.70 Å². The zero-order valence-electron chi connectivity index (χ0n) is 25.4. The van der Waals surface area contributed by atoms with Gasteiger partial charge in [-0.15, -0.1) is 11.8 Å². The highest BCUT2D eigenvalue weighted by Gasteiger charge is 2.21. The number of thioether (sulfide) groups is 1. The molecular weight excluding hydrogens is 621 g/mol. The maximum absolute atomic E-state index is 13.6. The number of hydrogen-bond acceptors (Lipinski definition) is 8. The molecule has 0 spiro atoms. The first-order valence-electron chi connectivity index (χ1n) is 14.4. The molecule has 5 rings (SSSR count). The highest BCUT2D eigenvalue weighted by Crippen LogP contribution is 2.31. The number of methoxy groups -OCH3 is 2. The second-order valence-electron chi connectivity index (χ2n) is 9.97. The summed E-state index contributed by atoms with van der Waals surface area (Å²) in [6.07, 6.45) is 2.15. The fraction of sp³-hybridized carbons (Fsp3) is 0.143. The fourth-order valence-electron chi connectivity index (χ4n) is 4.50. The Morgan fingerprint density at radius 2 is 1.63 bits per heavy atom. The minimum Gasteiger partial charge on any atom is -0.493 e. The van der Waals surface area contributed by atoms with Gasteiger partial charge in [0.05, 0.1) is 29.7 Å². The molecular formula is C35H32N4O5S2. The van der Waals surface area contributed by atoms with Crippen LogP contribution in [-0.2, 0) is 9.59 Å². The van der Waals surface area contributed by atoms with Crippen LogP contribution in [0.1, 0.15) is 29.3 Å². The highest BCUT2D eigenvalue weighted by molar-refractivity contribution is 8.00. The quantitative estimate of drug-likeness (QED) is 0.0961. The monoisotopic (exact) mass is 652 g/mol. The van der Waals surface area contributed by atoms with E-state index in [1.807, 2.05) is 43.3 Å². The van der Waals surface area contributed by atoms with Gasteiger partial charge >= 0.3 is 0 Å². The van der Waals surface area contributed by atoms with Gasteiger partial charge in [-0.2, -0.15) is 0 Å². The van der Waals surface area contributed by atoms with E-state index < -0.39 is 11.8 Å². The van der Waals surface area contributed by atoms with Crippen molar-refractivity contribution in [2.75, 3.05) is 24.9 Å². The van der Waals surface area contributed by atoms with Gasteiger partial charge in [0.15, 0.2) is 16.6 Å². The minimum absolute atomic E-state index is 0.0285. The first-order chi connectivity index (χ1) is 22.4. The molecule has 5 aromatic rings. The van der Waals surface area contributed by atoms with Crippen LogP contribution >= 0.6 is 23.1 Å². The fourth-order valence-corrected chi connectivity index (χ4v) is 6.38. The Kier molecular flexibility index (Phi) is 10.7. The first kappa shape index (κ1) is 32.3. The van der Waals surface area contributed by atoms with E-state index in [0.717, 1.165) is 15.1 Å². The SMILES string of the molecule is CCC(Sc1cccc(NC(=O)/C(=C\c2ccc(OC)c(OC)c2)NC(=O)c2ccccc2)c1)C(=O)Nc1nc2ccccc2s1. The van der Waals surface area contributed by atoms with Crippen molar-refractivity contribution < 1.29 is 23.9 Å². The van der Waals surface area contributed by atoms with E-state index in [4.69, 9.17) is 9.47 Å². The van der Waals surface area contributed by atoms with Crippen LogP contribution in [0.15, 0.2) is 108 Å². The zero-order valence-corrected chi connectivity index (χ0v) is 27.0. The molecule has 1 aromatic heterocycles. The predicted octanol–water partition coefficient (Wildman–Crippen LogP) is 7.23. The maximum Gasteiger partial charge on any atom is 0.272 e. The molecule has 0 saturated carbocycles. The third kappa shape index (κ3) is 8.12. The Hall–Kier alpha value is -5.13. The largest absolute Gasteiger partial charge is 0.493 e. The van der Waals surface area contributed by atoms with Crippen LogP contribution in [-0.4, -0.2) is 42.2 Å². The molecule has 11 heteroatoms. The molecule has 3 N–H and O–H groups in total.